The zero-order chi connectivity index (χ0) is 25.1. The number of amides is 1. The molecule has 0 aliphatic heterocycles. The Morgan fingerprint density at radius 3 is 1.78 bits per heavy atom. The predicted octanol–water partition coefficient (Wildman–Crippen LogP) is 6.92. The van der Waals surface area contributed by atoms with Crippen LogP contribution in [-0.2, 0) is 18.7 Å². The molecule has 1 rings (SSSR count). The van der Waals surface area contributed by atoms with E-state index in [1.807, 2.05) is 53.7 Å². The zero-order valence-corrected chi connectivity index (χ0v) is 24.0. The van der Waals surface area contributed by atoms with Gasteiger partial charge in [0.25, 0.3) is 0 Å². The number of hydrogen-bond donors (Lipinski definition) is 0. The number of anilines is 1. The fraction of sp³-hybridized carbons (Fsp3) is 0.667. The Hall–Kier alpha value is -1.38. The minimum absolute atomic E-state index is 0.0159. The van der Waals surface area contributed by atoms with Crippen LogP contribution in [0.1, 0.15) is 62.3 Å². The summed E-state index contributed by atoms with van der Waals surface area (Å²) in [6.07, 6.45) is -1.50. The maximum atomic E-state index is 13.2. The van der Waals surface area contributed by atoms with Crippen molar-refractivity contribution >= 4 is 42.0 Å². The molecule has 1 unspecified atom stereocenters. The molecule has 1 aromatic carbocycles. The lowest BCUT2D eigenvalue weighted by Crippen LogP contribution is -2.52. The van der Waals surface area contributed by atoms with E-state index in [4.69, 9.17) is 13.9 Å². The molecule has 1 aromatic rings. The average Bonchev–Trinajstić information content (AvgIpc) is 2.55. The maximum absolute atomic E-state index is 13.2. The summed E-state index contributed by atoms with van der Waals surface area (Å²) in [5.74, 6) is -0.493. The van der Waals surface area contributed by atoms with Gasteiger partial charge in [0.1, 0.15) is 11.2 Å². The highest BCUT2D eigenvalue weighted by atomic mass is 79.9. The number of nitrogens with zero attached hydrogens (tertiary/aromatic N) is 1. The Labute approximate surface area is 203 Å². The van der Waals surface area contributed by atoms with Gasteiger partial charge in [-0.05, 0) is 83.9 Å². The van der Waals surface area contributed by atoms with Crippen molar-refractivity contribution in [3.63, 3.8) is 0 Å². The van der Waals surface area contributed by atoms with E-state index < -0.39 is 37.7 Å². The van der Waals surface area contributed by atoms with E-state index in [1.165, 1.54) is 4.90 Å². The lowest BCUT2D eigenvalue weighted by Gasteiger charge is -2.40. The van der Waals surface area contributed by atoms with Gasteiger partial charge in [0.05, 0.1) is 6.54 Å². The van der Waals surface area contributed by atoms with Crippen molar-refractivity contribution in [2.45, 2.75) is 97.8 Å². The first kappa shape index (κ1) is 28.6. The van der Waals surface area contributed by atoms with Crippen LogP contribution in [0.5, 0.6) is 0 Å². The monoisotopic (exact) mass is 529 g/mol. The largest absolute Gasteiger partial charge is 0.458 e. The molecule has 6 nitrogen and oxygen atoms in total. The van der Waals surface area contributed by atoms with Crippen LogP contribution in [0.15, 0.2) is 28.7 Å². The van der Waals surface area contributed by atoms with Crippen molar-refractivity contribution in [2.75, 3.05) is 11.4 Å². The minimum atomic E-state index is -2.35. The van der Waals surface area contributed by atoms with E-state index in [0.29, 0.717) is 5.69 Å². The number of carbonyl (C=O) groups excluding carboxylic acids is 2. The Kier molecular flexibility index (Phi) is 9.19. The average molecular weight is 531 g/mol. The second-order valence-electron chi connectivity index (χ2n) is 11.5. The van der Waals surface area contributed by atoms with Gasteiger partial charge in [0.15, 0.2) is 14.4 Å². The molecule has 0 aliphatic rings. The first-order valence-corrected chi connectivity index (χ1v) is 14.6. The number of carbonyl (C=O) groups is 2. The molecule has 0 aromatic heterocycles. The lowest BCUT2D eigenvalue weighted by atomic mass is 10.2. The van der Waals surface area contributed by atoms with E-state index in [0.717, 1.165) is 4.47 Å². The third-order valence-corrected chi connectivity index (χ3v) is 10.0. The predicted molar refractivity (Wildman–Crippen MR) is 136 cm³/mol. The Bertz CT molecular complexity index is 789. The topological polar surface area (TPSA) is 65.1 Å². The fourth-order valence-electron chi connectivity index (χ4n) is 2.45. The summed E-state index contributed by atoms with van der Waals surface area (Å²) in [4.78, 5) is 27.8. The molecule has 0 radical (unpaired) electrons. The van der Waals surface area contributed by atoms with Crippen LogP contribution in [-0.4, -0.2) is 44.2 Å². The van der Waals surface area contributed by atoms with Gasteiger partial charge in [0, 0.05) is 10.2 Å². The quantitative estimate of drug-likeness (QED) is 0.295. The second kappa shape index (κ2) is 10.3. The van der Waals surface area contributed by atoms with Gasteiger partial charge in [-0.25, -0.2) is 9.59 Å². The van der Waals surface area contributed by atoms with Crippen LogP contribution < -0.4 is 4.90 Å². The highest BCUT2D eigenvalue weighted by Gasteiger charge is 2.43. The second-order valence-corrected chi connectivity index (χ2v) is 17.1. The molecular formula is C24H40BrNO5Si. The third-order valence-electron chi connectivity index (χ3n) is 5.01. The summed E-state index contributed by atoms with van der Waals surface area (Å²) < 4.78 is 18.7. The van der Waals surface area contributed by atoms with Crippen molar-refractivity contribution in [1.29, 1.82) is 0 Å². The Morgan fingerprint density at radius 2 is 1.38 bits per heavy atom. The van der Waals surface area contributed by atoms with Crippen LogP contribution in [0.4, 0.5) is 10.5 Å². The standard InChI is InChI=1S/C24H40BrNO5Si/c1-22(2,3)29-20(27)19(31-32(10,11)24(7,8)9)16-26(21(28)30-23(4,5)6)18-14-12-17(25)13-15-18/h12-15,19H,16H2,1-11H3. The van der Waals surface area contributed by atoms with E-state index in [9.17, 15) is 9.59 Å². The van der Waals surface area contributed by atoms with Gasteiger partial charge in [-0.2, -0.15) is 0 Å². The molecule has 0 spiro atoms. The Morgan fingerprint density at radius 1 is 0.906 bits per heavy atom. The third kappa shape index (κ3) is 9.23. The van der Waals surface area contributed by atoms with E-state index in [1.54, 1.807) is 12.1 Å². The highest BCUT2D eigenvalue weighted by Crippen LogP contribution is 2.38. The number of hydrogen-bond acceptors (Lipinski definition) is 5. The summed E-state index contributed by atoms with van der Waals surface area (Å²) in [5.41, 5.74) is -0.762. The normalized spacial score (nSPS) is 14.0. The molecule has 0 saturated heterocycles. The molecule has 182 valence electrons. The molecule has 0 bridgehead atoms. The van der Waals surface area contributed by atoms with E-state index in [-0.39, 0.29) is 11.6 Å². The molecule has 0 heterocycles. The zero-order valence-electron chi connectivity index (χ0n) is 21.5. The molecule has 1 amide bonds. The fourth-order valence-corrected chi connectivity index (χ4v) is 3.95. The Balaban J connectivity index is 3.39. The van der Waals surface area contributed by atoms with Crippen molar-refractivity contribution in [3.05, 3.63) is 28.7 Å². The number of rotatable bonds is 6. The highest BCUT2D eigenvalue weighted by molar-refractivity contribution is 9.10. The van der Waals surface area contributed by atoms with Crippen LogP contribution in [0.25, 0.3) is 0 Å². The lowest BCUT2D eigenvalue weighted by molar-refractivity contribution is -0.163. The minimum Gasteiger partial charge on any atom is -0.458 e. The SMILES string of the molecule is CC(C)(C)OC(=O)C(CN(C(=O)OC(C)(C)C)c1ccc(Br)cc1)O[Si](C)(C)C(C)(C)C. The maximum Gasteiger partial charge on any atom is 0.414 e. The van der Waals surface area contributed by atoms with Crippen LogP contribution in [0, 0.1) is 0 Å². The van der Waals surface area contributed by atoms with Crippen molar-refractivity contribution < 1.29 is 23.5 Å². The van der Waals surface area contributed by atoms with Crippen LogP contribution in [0.2, 0.25) is 18.1 Å². The molecule has 0 fully saturated rings. The molecule has 0 N–H and O–H groups in total. The first-order chi connectivity index (χ1) is 14.2. The summed E-state index contributed by atoms with van der Waals surface area (Å²) in [5, 5.41) is -0.123. The number of esters is 1. The van der Waals surface area contributed by atoms with Gasteiger partial charge in [-0.1, -0.05) is 36.7 Å². The molecule has 1 atom stereocenters. The van der Waals surface area contributed by atoms with Crippen LogP contribution >= 0.6 is 15.9 Å². The molecule has 0 saturated carbocycles. The number of halogens is 1. The first-order valence-electron chi connectivity index (χ1n) is 10.9. The summed E-state index contributed by atoms with van der Waals surface area (Å²) in [6.45, 7) is 21.3. The molecule has 8 heteroatoms. The molecular weight excluding hydrogens is 490 g/mol. The van der Waals surface area contributed by atoms with Crippen molar-refractivity contribution in [1.82, 2.24) is 0 Å². The van der Waals surface area contributed by atoms with Gasteiger partial charge >= 0.3 is 12.1 Å². The van der Waals surface area contributed by atoms with Crippen LogP contribution in [0.3, 0.4) is 0 Å². The molecule has 32 heavy (non-hydrogen) atoms. The number of benzene rings is 1. The van der Waals surface area contributed by atoms with E-state index >= 15 is 0 Å². The summed E-state index contributed by atoms with van der Waals surface area (Å²) in [6, 6.07) is 7.27. The van der Waals surface area contributed by atoms with Crippen molar-refractivity contribution in [3.8, 4) is 0 Å². The molecule has 0 aliphatic carbocycles. The van der Waals surface area contributed by atoms with Crippen molar-refractivity contribution in [2.24, 2.45) is 0 Å². The van der Waals surface area contributed by atoms with Gasteiger partial charge in [-0.3, -0.25) is 4.90 Å². The summed E-state index contributed by atoms with van der Waals surface area (Å²) >= 11 is 3.42. The van der Waals surface area contributed by atoms with E-state index in [2.05, 4.69) is 49.8 Å². The van der Waals surface area contributed by atoms with Gasteiger partial charge < -0.3 is 13.9 Å². The summed E-state index contributed by atoms with van der Waals surface area (Å²) in [7, 11) is -2.35. The van der Waals surface area contributed by atoms with Gasteiger partial charge in [0.2, 0.25) is 0 Å². The van der Waals surface area contributed by atoms with Gasteiger partial charge in [-0.15, -0.1) is 0 Å². The number of ether oxygens (including phenoxy) is 2. The smallest absolute Gasteiger partial charge is 0.414 e.